The molecule has 0 saturated heterocycles. The summed E-state index contributed by atoms with van der Waals surface area (Å²) in [6, 6.07) is 6.28. The van der Waals surface area contributed by atoms with Crippen LogP contribution in [0.4, 0.5) is 18.9 Å². The topological polar surface area (TPSA) is 14.1 Å². The van der Waals surface area contributed by atoms with Gasteiger partial charge >= 0.3 is 6.18 Å². The van der Waals surface area contributed by atoms with Crippen LogP contribution in [0.1, 0.15) is 12.5 Å². The molecule has 0 spiro atoms. The van der Waals surface area contributed by atoms with E-state index in [0.717, 1.165) is 0 Å². The zero-order valence-corrected chi connectivity index (χ0v) is 7.39. The van der Waals surface area contributed by atoms with Gasteiger partial charge in [0.25, 0.3) is 0 Å². The normalized spacial score (nSPS) is 15.4. The summed E-state index contributed by atoms with van der Waals surface area (Å²) in [5.74, 6) is 0. The number of fused-ring (bicyclic) bond motifs is 1. The molecule has 14 heavy (non-hydrogen) atoms. The van der Waals surface area contributed by atoms with Crippen LogP contribution in [-0.2, 0) is 0 Å². The second-order valence-corrected chi connectivity index (χ2v) is 3.09. The fourth-order valence-electron chi connectivity index (χ4n) is 1.57. The zero-order chi connectivity index (χ0) is 10.3. The Kier molecular flexibility index (Phi) is 1.80. The second kappa shape index (κ2) is 2.77. The van der Waals surface area contributed by atoms with Crippen LogP contribution in [-0.4, -0.2) is 6.18 Å². The number of rotatable bonds is 0. The Morgan fingerprint density at radius 3 is 2.43 bits per heavy atom. The maximum atomic E-state index is 12.6. The predicted octanol–water partition coefficient (Wildman–Crippen LogP) is 3.23. The highest BCUT2D eigenvalue weighted by atomic mass is 19.4. The van der Waals surface area contributed by atoms with Crippen molar-refractivity contribution < 1.29 is 13.2 Å². The van der Waals surface area contributed by atoms with Crippen LogP contribution in [0.3, 0.4) is 0 Å². The van der Waals surface area contributed by atoms with E-state index in [2.05, 4.69) is 5.32 Å². The number of hydrogen-bond acceptors (Lipinski definition) is 0. The second-order valence-electron chi connectivity index (χ2n) is 3.09. The van der Waals surface area contributed by atoms with Gasteiger partial charge in [-0.3, -0.25) is 5.32 Å². The Morgan fingerprint density at radius 1 is 1.14 bits per heavy atom. The van der Waals surface area contributed by atoms with Crippen molar-refractivity contribution in [2.75, 3.05) is 0 Å². The molecule has 0 aliphatic carbocycles. The third-order valence-corrected chi connectivity index (χ3v) is 2.11. The molecular formula is C10H7F3N. The highest BCUT2D eigenvalue weighted by Gasteiger charge is 2.40. The van der Waals surface area contributed by atoms with Gasteiger partial charge in [-0.25, -0.2) is 0 Å². The molecule has 1 heterocycles. The smallest absolute Gasteiger partial charge is 0.252 e. The first-order valence-corrected chi connectivity index (χ1v) is 4.09. The van der Waals surface area contributed by atoms with E-state index in [9.17, 15) is 13.2 Å². The standard InChI is InChI=1S/C10H7F3N/c1-6-9(10(11,12)13)7-4-2-3-5-8(7)14-6/h2-5H,1H3. The van der Waals surface area contributed by atoms with E-state index in [0.29, 0.717) is 5.69 Å². The molecule has 1 aromatic rings. The van der Waals surface area contributed by atoms with Crippen LogP contribution in [0.2, 0.25) is 0 Å². The van der Waals surface area contributed by atoms with Crippen LogP contribution in [0, 0.1) is 0 Å². The van der Waals surface area contributed by atoms with Gasteiger partial charge in [-0.05, 0) is 13.0 Å². The summed E-state index contributed by atoms with van der Waals surface area (Å²) >= 11 is 0. The van der Waals surface area contributed by atoms with Crippen LogP contribution < -0.4 is 5.32 Å². The first-order valence-electron chi connectivity index (χ1n) is 4.09. The molecule has 1 aromatic carbocycles. The van der Waals surface area contributed by atoms with Crippen molar-refractivity contribution in [3.05, 3.63) is 35.5 Å². The number of nitrogens with zero attached hydrogens (tertiary/aromatic N) is 1. The highest BCUT2D eigenvalue weighted by Crippen LogP contribution is 2.43. The molecule has 4 heteroatoms. The van der Waals surface area contributed by atoms with Crippen molar-refractivity contribution in [2.45, 2.75) is 13.1 Å². The summed E-state index contributed by atoms with van der Waals surface area (Å²) in [5, 5.41) is 3.86. The molecule has 0 unspecified atom stereocenters. The summed E-state index contributed by atoms with van der Waals surface area (Å²) in [5.41, 5.74) is 0.00150. The van der Waals surface area contributed by atoms with E-state index < -0.39 is 11.7 Å². The molecule has 1 nitrogen and oxygen atoms in total. The van der Waals surface area contributed by atoms with Crippen LogP contribution in [0.25, 0.3) is 5.57 Å². The average Bonchev–Trinajstić information content (AvgIpc) is 2.38. The molecule has 0 atom stereocenters. The third kappa shape index (κ3) is 1.27. The quantitative estimate of drug-likeness (QED) is 0.607. The predicted molar refractivity (Wildman–Crippen MR) is 46.9 cm³/mol. The number of benzene rings is 1. The zero-order valence-electron chi connectivity index (χ0n) is 7.39. The van der Waals surface area contributed by atoms with Gasteiger partial charge in [-0.1, -0.05) is 18.2 Å². The molecule has 1 aliphatic rings. The van der Waals surface area contributed by atoms with Gasteiger partial charge in [0.1, 0.15) is 0 Å². The maximum Gasteiger partial charge on any atom is 0.418 e. The van der Waals surface area contributed by atoms with Crippen LogP contribution in [0.5, 0.6) is 0 Å². The summed E-state index contributed by atoms with van der Waals surface area (Å²) in [6.07, 6.45) is -4.32. The summed E-state index contributed by atoms with van der Waals surface area (Å²) < 4.78 is 37.7. The van der Waals surface area contributed by atoms with Gasteiger partial charge < -0.3 is 0 Å². The average molecular weight is 198 g/mol. The Balaban J connectivity index is 2.57. The minimum absolute atomic E-state index is 0.0405. The molecule has 0 saturated carbocycles. The molecule has 73 valence electrons. The monoisotopic (exact) mass is 198 g/mol. The van der Waals surface area contributed by atoms with Crippen molar-refractivity contribution in [3.63, 3.8) is 0 Å². The van der Waals surface area contributed by atoms with Gasteiger partial charge in [0.2, 0.25) is 0 Å². The lowest BCUT2D eigenvalue weighted by Gasteiger charge is -2.08. The number of alkyl halides is 3. The molecule has 0 N–H and O–H groups in total. The Hall–Kier alpha value is -1.45. The van der Waals surface area contributed by atoms with Crippen LogP contribution in [0.15, 0.2) is 30.0 Å². The van der Waals surface area contributed by atoms with Crippen molar-refractivity contribution >= 4 is 11.3 Å². The van der Waals surface area contributed by atoms with E-state index in [4.69, 9.17) is 0 Å². The third-order valence-electron chi connectivity index (χ3n) is 2.11. The van der Waals surface area contributed by atoms with Crippen molar-refractivity contribution in [2.24, 2.45) is 0 Å². The van der Waals surface area contributed by atoms with E-state index in [1.165, 1.54) is 13.0 Å². The van der Waals surface area contributed by atoms with Gasteiger partial charge in [0, 0.05) is 5.56 Å². The first kappa shape index (κ1) is 9.12. The Morgan fingerprint density at radius 2 is 1.79 bits per heavy atom. The lowest BCUT2D eigenvalue weighted by atomic mass is 10.1. The molecule has 2 rings (SSSR count). The Labute approximate surface area is 79.2 Å². The fraction of sp³-hybridized carbons (Fsp3) is 0.200. The molecule has 0 aromatic heterocycles. The fourth-order valence-corrected chi connectivity index (χ4v) is 1.57. The number of halogens is 3. The lowest BCUT2D eigenvalue weighted by Crippen LogP contribution is -2.10. The molecule has 1 aliphatic heterocycles. The maximum absolute atomic E-state index is 12.6. The van der Waals surface area contributed by atoms with E-state index in [-0.39, 0.29) is 11.3 Å². The molecule has 0 amide bonds. The van der Waals surface area contributed by atoms with Crippen LogP contribution >= 0.6 is 0 Å². The van der Waals surface area contributed by atoms with Crippen molar-refractivity contribution in [1.29, 1.82) is 0 Å². The van der Waals surface area contributed by atoms with E-state index in [1.54, 1.807) is 18.2 Å². The minimum Gasteiger partial charge on any atom is -0.252 e. The van der Waals surface area contributed by atoms with Crippen molar-refractivity contribution in [3.8, 4) is 0 Å². The lowest BCUT2D eigenvalue weighted by molar-refractivity contribution is -0.0691. The summed E-state index contributed by atoms with van der Waals surface area (Å²) in [6.45, 7) is 1.38. The van der Waals surface area contributed by atoms with E-state index >= 15 is 0 Å². The SMILES string of the molecule is CC1=C(C(F)(F)F)c2ccccc2[N]1. The molecular weight excluding hydrogens is 191 g/mol. The minimum atomic E-state index is -4.32. The largest absolute Gasteiger partial charge is 0.418 e. The highest BCUT2D eigenvalue weighted by molar-refractivity contribution is 5.84. The molecule has 0 fully saturated rings. The van der Waals surface area contributed by atoms with Gasteiger partial charge in [-0.2, -0.15) is 13.2 Å². The molecule has 0 bridgehead atoms. The number of allylic oxidation sites excluding steroid dienone is 2. The van der Waals surface area contributed by atoms with E-state index in [1.807, 2.05) is 0 Å². The Bertz CT molecular complexity index is 404. The van der Waals surface area contributed by atoms with Gasteiger partial charge in [-0.15, -0.1) is 0 Å². The summed E-state index contributed by atoms with van der Waals surface area (Å²) in [7, 11) is 0. The van der Waals surface area contributed by atoms with Crippen molar-refractivity contribution in [1.82, 2.24) is 5.32 Å². The summed E-state index contributed by atoms with van der Waals surface area (Å²) in [4.78, 5) is 0. The first-order chi connectivity index (χ1) is 6.50. The van der Waals surface area contributed by atoms with Gasteiger partial charge in [0.05, 0.1) is 17.0 Å². The molecule has 1 radical (unpaired) electrons. The van der Waals surface area contributed by atoms with Gasteiger partial charge in [0.15, 0.2) is 0 Å². The number of para-hydroxylation sites is 1. The number of hydrogen-bond donors (Lipinski definition) is 0.